The number of hydrogen-bond donors (Lipinski definition) is 1. The molecule has 0 aliphatic carbocycles. The average Bonchev–Trinajstić information content (AvgIpc) is 2.47. The second-order valence-electron chi connectivity index (χ2n) is 4.86. The summed E-state index contributed by atoms with van der Waals surface area (Å²) in [6, 6.07) is 13.6. The molecule has 0 bridgehead atoms. The van der Waals surface area contributed by atoms with Crippen molar-refractivity contribution in [1.29, 1.82) is 0 Å². The first kappa shape index (κ1) is 15.4. The average molecular weight is 301 g/mol. The van der Waals surface area contributed by atoms with Crippen LogP contribution in [0.2, 0.25) is 0 Å². The maximum atomic E-state index is 11.8. The van der Waals surface area contributed by atoms with E-state index in [1.54, 1.807) is 12.1 Å². The Balaban J connectivity index is 1.89. The van der Waals surface area contributed by atoms with Crippen molar-refractivity contribution < 1.29 is 9.53 Å². The van der Waals surface area contributed by atoms with E-state index in [0.717, 1.165) is 16.9 Å². The molecule has 0 spiro atoms. The van der Waals surface area contributed by atoms with Gasteiger partial charge in [-0.1, -0.05) is 36.8 Å². The molecule has 0 heterocycles. The van der Waals surface area contributed by atoms with E-state index in [4.69, 9.17) is 4.74 Å². The number of ether oxygens (including phenoxy) is 1. The second-order valence-corrected chi connectivity index (χ2v) is 5.71. The Morgan fingerprint density at radius 2 is 1.86 bits per heavy atom. The first-order chi connectivity index (χ1) is 10.1. The smallest absolute Gasteiger partial charge is 0.410 e. The predicted octanol–water partition coefficient (Wildman–Crippen LogP) is 4.66. The highest BCUT2D eigenvalue weighted by Gasteiger charge is 2.06. The summed E-state index contributed by atoms with van der Waals surface area (Å²) in [7, 11) is 0. The van der Waals surface area contributed by atoms with Crippen molar-refractivity contribution in [2.24, 2.45) is 0 Å². The third kappa shape index (κ3) is 4.53. The van der Waals surface area contributed by atoms with E-state index in [-0.39, 0.29) is 0 Å². The van der Waals surface area contributed by atoms with Gasteiger partial charge in [-0.05, 0) is 61.5 Å². The van der Waals surface area contributed by atoms with E-state index >= 15 is 0 Å². The van der Waals surface area contributed by atoms with Gasteiger partial charge in [0.05, 0.1) is 0 Å². The highest BCUT2D eigenvalue weighted by Crippen LogP contribution is 2.21. The molecule has 21 heavy (non-hydrogen) atoms. The Kier molecular flexibility index (Phi) is 5.28. The van der Waals surface area contributed by atoms with Crippen molar-refractivity contribution in [3.63, 3.8) is 0 Å². The van der Waals surface area contributed by atoms with Gasteiger partial charge in [0.25, 0.3) is 0 Å². The molecular weight excluding hydrogens is 282 g/mol. The highest BCUT2D eigenvalue weighted by molar-refractivity contribution is 7.98. The Labute approximate surface area is 129 Å². The fourth-order valence-electron chi connectivity index (χ4n) is 1.93. The van der Waals surface area contributed by atoms with Crippen LogP contribution in [-0.2, 0) is 6.42 Å². The lowest BCUT2D eigenvalue weighted by Gasteiger charge is -2.08. The number of carbonyl (C=O) groups is 1. The predicted molar refractivity (Wildman–Crippen MR) is 86.8 cm³/mol. The molecule has 2 rings (SSSR count). The summed E-state index contributed by atoms with van der Waals surface area (Å²) in [5.74, 6) is 0.547. The van der Waals surface area contributed by atoms with Gasteiger partial charge in [-0.25, -0.2) is 4.79 Å². The Morgan fingerprint density at radius 3 is 2.48 bits per heavy atom. The second kappa shape index (κ2) is 7.18. The van der Waals surface area contributed by atoms with Gasteiger partial charge in [0, 0.05) is 4.90 Å². The van der Waals surface area contributed by atoms with Crippen molar-refractivity contribution in [3.05, 3.63) is 59.2 Å². The summed E-state index contributed by atoms with van der Waals surface area (Å²) in [6.45, 7) is 6.15. The van der Waals surface area contributed by atoms with Gasteiger partial charge in [0.2, 0.25) is 0 Å². The molecule has 4 heteroatoms. The largest absolute Gasteiger partial charge is 0.422 e. The quantitative estimate of drug-likeness (QED) is 0.835. The lowest BCUT2D eigenvalue weighted by molar-refractivity contribution is 0.207. The van der Waals surface area contributed by atoms with Gasteiger partial charge >= 0.3 is 6.09 Å². The van der Waals surface area contributed by atoms with Crippen LogP contribution in [-0.4, -0.2) is 6.09 Å². The van der Waals surface area contributed by atoms with Gasteiger partial charge < -0.3 is 4.74 Å². The van der Waals surface area contributed by atoms with Crippen LogP contribution in [0.15, 0.2) is 47.4 Å². The minimum Gasteiger partial charge on any atom is -0.410 e. The van der Waals surface area contributed by atoms with E-state index in [2.05, 4.69) is 17.7 Å². The fraction of sp³-hybridized carbons (Fsp3) is 0.235. The molecule has 0 aromatic heterocycles. The van der Waals surface area contributed by atoms with Crippen molar-refractivity contribution in [2.45, 2.75) is 32.1 Å². The molecule has 0 atom stereocenters. The van der Waals surface area contributed by atoms with Crippen LogP contribution in [0.4, 0.5) is 4.79 Å². The standard InChI is InChI=1S/C17H19NO2S/c1-4-14-6-8-15(9-7-14)20-17(19)18-21-16-10-5-12(2)11-13(16)3/h5-11H,4H2,1-3H3,(H,18,19). The molecule has 1 amide bonds. The number of benzene rings is 2. The zero-order valence-electron chi connectivity index (χ0n) is 12.5. The number of nitrogens with one attached hydrogen (secondary N) is 1. The lowest BCUT2D eigenvalue weighted by atomic mass is 10.2. The van der Waals surface area contributed by atoms with Gasteiger partial charge in [0.15, 0.2) is 0 Å². The number of rotatable bonds is 4. The molecule has 1 N–H and O–H groups in total. The summed E-state index contributed by atoms with van der Waals surface area (Å²) in [5.41, 5.74) is 3.55. The molecule has 0 aliphatic rings. The van der Waals surface area contributed by atoms with Crippen molar-refractivity contribution >= 4 is 18.0 Å². The van der Waals surface area contributed by atoms with Crippen molar-refractivity contribution in [1.82, 2.24) is 4.72 Å². The van der Waals surface area contributed by atoms with Crippen LogP contribution in [0.5, 0.6) is 5.75 Å². The third-order valence-corrected chi connectivity index (χ3v) is 4.06. The van der Waals surface area contributed by atoms with Gasteiger partial charge in [-0.3, -0.25) is 4.72 Å². The molecule has 0 radical (unpaired) electrons. The summed E-state index contributed by atoms with van der Waals surface area (Å²) < 4.78 is 7.92. The Hall–Kier alpha value is -1.94. The van der Waals surface area contributed by atoms with E-state index in [0.29, 0.717) is 5.75 Å². The van der Waals surface area contributed by atoms with E-state index < -0.39 is 6.09 Å². The van der Waals surface area contributed by atoms with E-state index in [9.17, 15) is 4.79 Å². The Morgan fingerprint density at radius 1 is 1.14 bits per heavy atom. The number of amides is 1. The van der Waals surface area contributed by atoms with E-state index in [1.807, 2.05) is 38.1 Å². The maximum Gasteiger partial charge on any atom is 0.422 e. The molecule has 0 unspecified atom stereocenters. The third-order valence-electron chi connectivity index (χ3n) is 3.12. The normalized spacial score (nSPS) is 10.2. The molecule has 110 valence electrons. The van der Waals surface area contributed by atoms with Crippen molar-refractivity contribution in [2.75, 3.05) is 0 Å². The van der Waals surface area contributed by atoms with Gasteiger partial charge in [-0.2, -0.15) is 0 Å². The topological polar surface area (TPSA) is 38.3 Å². The number of aryl methyl sites for hydroxylation is 3. The first-order valence-corrected chi connectivity index (χ1v) is 7.71. The van der Waals surface area contributed by atoms with Gasteiger partial charge in [0.1, 0.15) is 5.75 Å². The fourth-order valence-corrected chi connectivity index (χ4v) is 2.52. The Bertz CT molecular complexity index is 623. The zero-order valence-corrected chi connectivity index (χ0v) is 13.3. The van der Waals surface area contributed by atoms with Crippen molar-refractivity contribution in [3.8, 4) is 5.75 Å². The molecule has 0 saturated carbocycles. The lowest BCUT2D eigenvalue weighted by Crippen LogP contribution is -2.20. The summed E-state index contributed by atoms with van der Waals surface area (Å²) >= 11 is 1.27. The minimum absolute atomic E-state index is 0.468. The minimum atomic E-state index is -0.468. The summed E-state index contributed by atoms with van der Waals surface area (Å²) in [6.07, 6.45) is 0.499. The molecular formula is C17H19NO2S. The molecule has 0 fully saturated rings. The molecule has 0 saturated heterocycles. The summed E-state index contributed by atoms with van der Waals surface area (Å²) in [5, 5.41) is 0. The van der Waals surface area contributed by atoms with Crippen LogP contribution >= 0.6 is 11.9 Å². The summed E-state index contributed by atoms with van der Waals surface area (Å²) in [4.78, 5) is 12.8. The van der Waals surface area contributed by atoms with Crippen LogP contribution in [0, 0.1) is 13.8 Å². The van der Waals surface area contributed by atoms with Crippen LogP contribution in [0.25, 0.3) is 0 Å². The van der Waals surface area contributed by atoms with Gasteiger partial charge in [-0.15, -0.1) is 0 Å². The zero-order chi connectivity index (χ0) is 15.2. The maximum absolute atomic E-state index is 11.8. The van der Waals surface area contributed by atoms with Crippen LogP contribution < -0.4 is 9.46 Å². The monoisotopic (exact) mass is 301 g/mol. The first-order valence-electron chi connectivity index (χ1n) is 6.89. The molecule has 2 aromatic rings. The van der Waals surface area contributed by atoms with Crippen LogP contribution in [0.1, 0.15) is 23.6 Å². The number of carbonyl (C=O) groups excluding carboxylic acids is 1. The van der Waals surface area contributed by atoms with Crippen LogP contribution in [0.3, 0.4) is 0 Å². The highest BCUT2D eigenvalue weighted by atomic mass is 32.2. The molecule has 2 aromatic carbocycles. The van der Waals surface area contributed by atoms with E-state index in [1.165, 1.54) is 23.1 Å². The SMILES string of the molecule is CCc1ccc(OC(=O)NSc2ccc(C)cc2C)cc1. The number of hydrogen-bond acceptors (Lipinski definition) is 3. The molecule has 3 nitrogen and oxygen atoms in total. The molecule has 0 aliphatic heterocycles.